The van der Waals surface area contributed by atoms with Crippen LogP contribution in [0.4, 0.5) is 5.69 Å². The molecule has 1 aromatic rings. The zero-order chi connectivity index (χ0) is 9.80. The van der Waals surface area contributed by atoms with Crippen molar-refractivity contribution in [2.45, 2.75) is 18.9 Å². The van der Waals surface area contributed by atoms with Crippen molar-refractivity contribution in [2.24, 2.45) is 0 Å². The second-order valence-corrected chi connectivity index (χ2v) is 4.20. The van der Waals surface area contributed by atoms with E-state index in [1.807, 2.05) is 18.3 Å². The molecule has 2 rings (SSSR count). The first-order chi connectivity index (χ1) is 6.84. The zero-order valence-electron chi connectivity index (χ0n) is 7.87. The lowest BCUT2D eigenvalue weighted by Crippen LogP contribution is -2.18. The van der Waals surface area contributed by atoms with Gasteiger partial charge in [-0.1, -0.05) is 0 Å². The monoisotopic (exact) mass is 256 g/mol. The highest BCUT2D eigenvalue weighted by atomic mass is 79.9. The molecule has 1 N–H and O–H groups in total. The van der Waals surface area contributed by atoms with Crippen LogP contribution in [0.15, 0.2) is 22.9 Å². The van der Waals surface area contributed by atoms with E-state index in [-0.39, 0.29) is 0 Å². The normalized spacial score (nSPS) is 21.1. The average molecular weight is 257 g/mol. The van der Waals surface area contributed by atoms with Crippen molar-refractivity contribution in [1.29, 1.82) is 0 Å². The lowest BCUT2D eigenvalue weighted by molar-refractivity contribution is 0.120. The summed E-state index contributed by atoms with van der Waals surface area (Å²) in [5.41, 5.74) is 1.05. The van der Waals surface area contributed by atoms with Crippen LogP contribution in [0.1, 0.15) is 12.8 Å². The van der Waals surface area contributed by atoms with Gasteiger partial charge in [0.05, 0.1) is 18.0 Å². The Morgan fingerprint density at radius 3 is 3.14 bits per heavy atom. The summed E-state index contributed by atoms with van der Waals surface area (Å²) in [7, 11) is 0. The van der Waals surface area contributed by atoms with Gasteiger partial charge in [0.2, 0.25) is 0 Å². The fourth-order valence-corrected chi connectivity index (χ4v) is 1.75. The molecule has 76 valence electrons. The fourth-order valence-electron chi connectivity index (χ4n) is 1.52. The molecule has 0 aliphatic carbocycles. The van der Waals surface area contributed by atoms with Crippen LogP contribution >= 0.6 is 15.9 Å². The van der Waals surface area contributed by atoms with Crippen molar-refractivity contribution in [3.63, 3.8) is 0 Å². The highest BCUT2D eigenvalue weighted by Crippen LogP contribution is 2.14. The molecule has 1 fully saturated rings. The summed E-state index contributed by atoms with van der Waals surface area (Å²) >= 11 is 3.30. The third-order valence-corrected chi connectivity index (χ3v) is 2.75. The number of anilines is 1. The summed E-state index contributed by atoms with van der Waals surface area (Å²) in [4.78, 5) is 4.14. The first kappa shape index (κ1) is 9.93. The number of hydrogen-bond donors (Lipinski definition) is 1. The third-order valence-electron chi connectivity index (χ3n) is 2.29. The Balaban J connectivity index is 1.82. The standard InChI is InChI=1S/C10H13BrN2O/c11-10-4-3-8(6-13-10)12-7-9-2-1-5-14-9/h3-4,6,9,12H,1-2,5,7H2. The van der Waals surface area contributed by atoms with Crippen molar-refractivity contribution in [3.05, 3.63) is 22.9 Å². The fraction of sp³-hybridized carbons (Fsp3) is 0.500. The Hall–Kier alpha value is -0.610. The molecule has 1 aromatic heterocycles. The Labute approximate surface area is 92.0 Å². The molecular weight excluding hydrogens is 244 g/mol. The highest BCUT2D eigenvalue weighted by Gasteiger charge is 2.14. The Morgan fingerprint density at radius 2 is 2.50 bits per heavy atom. The minimum atomic E-state index is 0.374. The minimum Gasteiger partial charge on any atom is -0.381 e. The van der Waals surface area contributed by atoms with Crippen LogP contribution in [0.25, 0.3) is 0 Å². The molecule has 0 spiro atoms. The quantitative estimate of drug-likeness (QED) is 0.844. The summed E-state index contributed by atoms with van der Waals surface area (Å²) in [5, 5.41) is 3.31. The molecular formula is C10H13BrN2O. The van der Waals surface area contributed by atoms with Gasteiger partial charge in [-0.25, -0.2) is 4.98 Å². The maximum absolute atomic E-state index is 5.51. The molecule has 0 amide bonds. The van der Waals surface area contributed by atoms with E-state index in [1.54, 1.807) is 0 Å². The van der Waals surface area contributed by atoms with Gasteiger partial charge in [0.15, 0.2) is 0 Å². The Morgan fingerprint density at radius 1 is 1.57 bits per heavy atom. The van der Waals surface area contributed by atoms with Gasteiger partial charge in [-0.3, -0.25) is 0 Å². The number of hydrogen-bond acceptors (Lipinski definition) is 3. The maximum atomic E-state index is 5.51. The van der Waals surface area contributed by atoms with Crippen molar-refractivity contribution in [2.75, 3.05) is 18.5 Å². The first-order valence-electron chi connectivity index (χ1n) is 4.81. The molecule has 14 heavy (non-hydrogen) atoms. The number of halogens is 1. The van der Waals surface area contributed by atoms with Crippen LogP contribution in [0.2, 0.25) is 0 Å². The average Bonchev–Trinajstić information content (AvgIpc) is 2.70. The largest absolute Gasteiger partial charge is 0.381 e. The number of aromatic nitrogens is 1. The minimum absolute atomic E-state index is 0.374. The van der Waals surface area contributed by atoms with Crippen LogP contribution < -0.4 is 5.32 Å². The molecule has 0 aromatic carbocycles. The molecule has 2 heterocycles. The number of nitrogens with zero attached hydrogens (tertiary/aromatic N) is 1. The van der Waals surface area contributed by atoms with Gasteiger partial charge < -0.3 is 10.1 Å². The van der Waals surface area contributed by atoms with Gasteiger partial charge in [0.25, 0.3) is 0 Å². The summed E-state index contributed by atoms with van der Waals surface area (Å²) in [6.45, 7) is 1.79. The number of pyridine rings is 1. The predicted molar refractivity (Wildman–Crippen MR) is 59.4 cm³/mol. The van der Waals surface area contributed by atoms with Crippen LogP contribution in [-0.2, 0) is 4.74 Å². The molecule has 1 atom stereocenters. The molecule has 3 nitrogen and oxygen atoms in total. The summed E-state index contributed by atoms with van der Waals surface area (Å²) in [6, 6.07) is 3.93. The van der Waals surface area contributed by atoms with Crippen LogP contribution in [0, 0.1) is 0 Å². The van der Waals surface area contributed by atoms with Crippen LogP contribution in [-0.4, -0.2) is 24.2 Å². The van der Waals surface area contributed by atoms with E-state index in [9.17, 15) is 0 Å². The summed E-state index contributed by atoms with van der Waals surface area (Å²) in [6.07, 6.45) is 4.54. The molecule has 1 aliphatic rings. The lowest BCUT2D eigenvalue weighted by atomic mass is 10.2. The summed E-state index contributed by atoms with van der Waals surface area (Å²) in [5.74, 6) is 0. The number of ether oxygens (including phenoxy) is 1. The zero-order valence-corrected chi connectivity index (χ0v) is 9.46. The van der Waals surface area contributed by atoms with Crippen molar-refractivity contribution in [3.8, 4) is 0 Å². The predicted octanol–water partition coefficient (Wildman–Crippen LogP) is 2.43. The molecule has 0 radical (unpaired) electrons. The van der Waals surface area contributed by atoms with Gasteiger partial charge in [0, 0.05) is 13.2 Å². The smallest absolute Gasteiger partial charge is 0.106 e. The molecule has 1 unspecified atom stereocenters. The van der Waals surface area contributed by atoms with Crippen LogP contribution in [0.3, 0.4) is 0 Å². The van der Waals surface area contributed by atoms with E-state index in [0.29, 0.717) is 6.10 Å². The van der Waals surface area contributed by atoms with E-state index in [0.717, 1.165) is 29.9 Å². The first-order valence-corrected chi connectivity index (χ1v) is 5.61. The molecule has 4 heteroatoms. The lowest BCUT2D eigenvalue weighted by Gasteiger charge is -2.11. The van der Waals surface area contributed by atoms with E-state index in [1.165, 1.54) is 6.42 Å². The number of rotatable bonds is 3. The second kappa shape index (κ2) is 4.75. The highest BCUT2D eigenvalue weighted by molar-refractivity contribution is 9.10. The molecule has 1 aliphatic heterocycles. The Bertz CT molecular complexity index is 283. The van der Waals surface area contributed by atoms with Gasteiger partial charge >= 0.3 is 0 Å². The van der Waals surface area contributed by atoms with Gasteiger partial charge in [0.1, 0.15) is 4.60 Å². The van der Waals surface area contributed by atoms with E-state index in [2.05, 4.69) is 26.2 Å². The topological polar surface area (TPSA) is 34.1 Å². The molecule has 0 bridgehead atoms. The van der Waals surface area contributed by atoms with E-state index < -0.39 is 0 Å². The van der Waals surface area contributed by atoms with E-state index in [4.69, 9.17) is 4.74 Å². The van der Waals surface area contributed by atoms with Gasteiger partial charge in [-0.15, -0.1) is 0 Å². The van der Waals surface area contributed by atoms with Crippen molar-refractivity contribution in [1.82, 2.24) is 4.98 Å². The maximum Gasteiger partial charge on any atom is 0.106 e. The second-order valence-electron chi connectivity index (χ2n) is 3.39. The van der Waals surface area contributed by atoms with Gasteiger partial charge in [-0.05, 0) is 40.9 Å². The number of nitrogens with one attached hydrogen (secondary N) is 1. The Kier molecular flexibility index (Phi) is 3.37. The van der Waals surface area contributed by atoms with Crippen molar-refractivity contribution < 1.29 is 4.74 Å². The van der Waals surface area contributed by atoms with Crippen LogP contribution in [0.5, 0.6) is 0 Å². The SMILES string of the molecule is Brc1ccc(NCC2CCCO2)cn1. The van der Waals surface area contributed by atoms with Gasteiger partial charge in [-0.2, -0.15) is 0 Å². The third kappa shape index (κ3) is 2.69. The van der Waals surface area contributed by atoms with Crippen molar-refractivity contribution >= 4 is 21.6 Å². The molecule has 0 saturated carbocycles. The molecule has 1 saturated heterocycles. The summed E-state index contributed by atoms with van der Waals surface area (Å²) < 4.78 is 6.37. The van der Waals surface area contributed by atoms with E-state index >= 15 is 0 Å².